The second-order valence-electron chi connectivity index (χ2n) is 6.12. The largest absolute Gasteiger partial charge is 0.480 e. The van der Waals surface area contributed by atoms with Crippen molar-refractivity contribution >= 4 is 35.5 Å². The maximum absolute atomic E-state index is 12.7. The first-order chi connectivity index (χ1) is 12.7. The van der Waals surface area contributed by atoms with Crippen LogP contribution in [0, 0.1) is 5.92 Å². The van der Waals surface area contributed by atoms with Crippen LogP contribution in [0.5, 0.6) is 0 Å². The SMILES string of the molecule is CCC(C)C(NC(=O)C(N)CO)C(=O)NC(CCSC)C(=O)NCC(=O)O. The Hall–Kier alpha value is -1.85. The average Bonchev–Trinajstić information content (AvgIpc) is 2.65. The second kappa shape index (κ2) is 13.3. The van der Waals surface area contributed by atoms with Crippen molar-refractivity contribution in [2.75, 3.05) is 25.2 Å². The second-order valence-corrected chi connectivity index (χ2v) is 7.10. The summed E-state index contributed by atoms with van der Waals surface area (Å²) >= 11 is 1.47. The molecule has 10 nitrogen and oxygen atoms in total. The number of rotatable bonds is 13. The van der Waals surface area contributed by atoms with Crippen LogP contribution in [0.3, 0.4) is 0 Å². The van der Waals surface area contributed by atoms with Crippen molar-refractivity contribution in [3.05, 3.63) is 0 Å². The normalized spacial score (nSPS) is 15.1. The molecule has 0 aromatic rings. The van der Waals surface area contributed by atoms with Gasteiger partial charge in [-0.2, -0.15) is 11.8 Å². The summed E-state index contributed by atoms with van der Waals surface area (Å²) in [7, 11) is 0. The number of hydrogen-bond acceptors (Lipinski definition) is 7. The van der Waals surface area contributed by atoms with Crippen molar-refractivity contribution < 1.29 is 29.4 Å². The number of carboxylic acids is 1. The molecule has 0 radical (unpaired) electrons. The van der Waals surface area contributed by atoms with E-state index in [9.17, 15) is 19.2 Å². The number of nitrogens with two attached hydrogens (primary N) is 1. The highest BCUT2D eigenvalue weighted by molar-refractivity contribution is 7.98. The number of nitrogens with one attached hydrogen (secondary N) is 3. The van der Waals surface area contributed by atoms with Crippen molar-refractivity contribution in [3.63, 3.8) is 0 Å². The topological polar surface area (TPSA) is 171 Å². The lowest BCUT2D eigenvalue weighted by Gasteiger charge is -2.27. The Labute approximate surface area is 163 Å². The molecule has 0 aliphatic rings. The minimum atomic E-state index is -1.19. The molecule has 4 atom stereocenters. The Balaban J connectivity index is 5.19. The minimum absolute atomic E-state index is 0.247. The third-order valence-electron chi connectivity index (χ3n) is 3.98. The first-order valence-electron chi connectivity index (χ1n) is 8.63. The van der Waals surface area contributed by atoms with E-state index in [0.717, 1.165) is 0 Å². The molecular weight excluding hydrogens is 376 g/mol. The smallest absolute Gasteiger partial charge is 0.322 e. The maximum Gasteiger partial charge on any atom is 0.322 e. The number of carbonyl (C=O) groups excluding carboxylic acids is 3. The third kappa shape index (κ3) is 9.59. The molecule has 0 saturated heterocycles. The number of hydrogen-bond donors (Lipinski definition) is 6. The Morgan fingerprint density at radius 1 is 1.11 bits per heavy atom. The molecule has 0 rings (SSSR count). The quantitative estimate of drug-likeness (QED) is 0.210. The van der Waals surface area contributed by atoms with E-state index in [1.165, 1.54) is 11.8 Å². The van der Waals surface area contributed by atoms with Crippen molar-refractivity contribution in [3.8, 4) is 0 Å². The highest BCUT2D eigenvalue weighted by atomic mass is 32.2. The van der Waals surface area contributed by atoms with E-state index in [-0.39, 0.29) is 5.92 Å². The molecule has 0 aromatic heterocycles. The molecule has 0 saturated carbocycles. The van der Waals surface area contributed by atoms with Gasteiger partial charge < -0.3 is 31.9 Å². The first-order valence-corrected chi connectivity index (χ1v) is 10.0. The molecule has 3 amide bonds. The fraction of sp³-hybridized carbons (Fsp3) is 0.750. The fourth-order valence-electron chi connectivity index (χ4n) is 2.10. The van der Waals surface area contributed by atoms with Crippen molar-refractivity contribution in [1.29, 1.82) is 0 Å². The summed E-state index contributed by atoms with van der Waals surface area (Å²) < 4.78 is 0. The number of aliphatic carboxylic acids is 1. The molecule has 156 valence electrons. The zero-order valence-electron chi connectivity index (χ0n) is 15.9. The molecule has 27 heavy (non-hydrogen) atoms. The Bertz CT molecular complexity index is 519. The first kappa shape index (κ1) is 25.1. The predicted molar refractivity (Wildman–Crippen MR) is 102 cm³/mol. The highest BCUT2D eigenvalue weighted by Gasteiger charge is 2.30. The van der Waals surface area contributed by atoms with Gasteiger partial charge in [-0.3, -0.25) is 19.2 Å². The van der Waals surface area contributed by atoms with Crippen molar-refractivity contribution in [2.24, 2.45) is 11.7 Å². The van der Waals surface area contributed by atoms with Gasteiger partial charge in [-0.1, -0.05) is 20.3 Å². The van der Waals surface area contributed by atoms with E-state index in [4.69, 9.17) is 15.9 Å². The maximum atomic E-state index is 12.7. The van der Waals surface area contributed by atoms with Gasteiger partial charge in [0.2, 0.25) is 17.7 Å². The Morgan fingerprint density at radius 3 is 2.22 bits per heavy atom. The van der Waals surface area contributed by atoms with E-state index in [0.29, 0.717) is 18.6 Å². The minimum Gasteiger partial charge on any atom is -0.480 e. The molecule has 0 spiro atoms. The zero-order chi connectivity index (χ0) is 21.0. The molecule has 0 aliphatic heterocycles. The lowest BCUT2D eigenvalue weighted by atomic mass is 9.97. The molecule has 0 fully saturated rings. The lowest BCUT2D eigenvalue weighted by Crippen LogP contribution is -2.58. The molecule has 0 heterocycles. The number of aliphatic hydroxyl groups excluding tert-OH is 1. The predicted octanol–water partition coefficient (Wildman–Crippen LogP) is -1.72. The van der Waals surface area contributed by atoms with E-state index >= 15 is 0 Å². The lowest BCUT2D eigenvalue weighted by molar-refractivity contribution is -0.138. The molecule has 0 bridgehead atoms. The van der Waals surface area contributed by atoms with Crippen LogP contribution in [0.1, 0.15) is 26.7 Å². The van der Waals surface area contributed by atoms with Crippen LogP contribution in [0.4, 0.5) is 0 Å². The molecular formula is C16H30N4O6S. The van der Waals surface area contributed by atoms with Gasteiger partial charge in [0, 0.05) is 0 Å². The average molecular weight is 407 g/mol. The van der Waals surface area contributed by atoms with Gasteiger partial charge in [-0.05, 0) is 24.3 Å². The standard InChI is InChI=1S/C16H30N4O6S/c1-4-9(2)13(20-14(24)10(17)8-21)16(26)19-11(5-6-27-3)15(25)18-7-12(22)23/h9-11,13,21H,4-8,17H2,1-3H3,(H,18,25)(H,19,26)(H,20,24)(H,22,23). The number of amides is 3. The summed E-state index contributed by atoms with van der Waals surface area (Å²) in [5, 5.41) is 25.0. The van der Waals surface area contributed by atoms with Gasteiger partial charge in [0.25, 0.3) is 0 Å². The van der Waals surface area contributed by atoms with Crippen molar-refractivity contribution in [2.45, 2.75) is 44.8 Å². The van der Waals surface area contributed by atoms with Gasteiger partial charge in [0.05, 0.1) is 6.61 Å². The Morgan fingerprint density at radius 2 is 1.74 bits per heavy atom. The fourth-order valence-corrected chi connectivity index (χ4v) is 2.57. The highest BCUT2D eigenvalue weighted by Crippen LogP contribution is 2.10. The summed E-state index contributed by atoms with van der Waals surface area (Å²) in [5.41, 5.74) is 5.47. The number of aliphatic hydroxyl groups is 1. The molecule has 7 N–H and O–H groups in total. The van der Waals surface area contributed by atoms with Crippen LogP contribution < -0.4 is 21.7 Å². The van der Waals surface area contributed by atoms with E-state index in [1.807, 2.05) is 13.2 Å². The van der Waals surface area contributed by atoms with Crippen LogP contribution in [-0.4, -0.2) is 77.2 Å². The van der Waals surface area contributed by atoms with Gasteiger partial charge in [-0.25, -0.2) is 0 Å². The summed E-state index contributed by atoms with van der Waals surface area (Å²) in [6.45, 7) is 2.49. The van der Waals surface area contributed by atoms with Crippen LogP contribution in [0.15, 0.2) is 0 Å². The van der Waals surface area contributed by atoms with Crippen LogP contribution in [-0.2, 0) is 19.2 Å². The third-order valence-corrected chi connectivity index (χ3v) is 4.63. The van der Waals surface area contributed by atoms with E-state index < -0.39 is 55.0 Å². The van der Waals surface area contributed by atoms with Crippen LogP contribution >= 0.6 is 11.8 Å². The summed E-state index contributed by atoms with van der Waals surface area (Å²) in [5.74, 6) is -2.72. The molecule has 0 aromatic carbocycles. The number of carboxylic acid groups (broad SMARTS) is 1. The van der Waals surface area contributed by atoms with Crippen molar-refractivity contribution in [1.82, 2.24) is 16.0 Å². The van der Waals surface area contributed by atoms with E-state index in [1.54, 1.807) is 6.92 Å². The summed E-state index contributed by atoms with van der Waals surface area (Å²) in [4.78, 5) is 47.4. The molecule has 4 unspecified atom stereocenters. The van der Waals surface area contributed by atoms with Gasteiger partial charge in [-0.15, -0.1) is 0 Å². The van der Waals surface area contributed by atoms with Crippen LogP contribution in [0.25, 0.3) is 0 Å². The van der Waals surface area contributed by atoms with Gasteiger partial charge in [0.1, 0.15) is 24.7 Å². The van der Waals surface area contributed by atoms with Gasteiger partial charge >= 0.3 is 5.97 Å². The summed E-state index contributed by atoms with van der Waals surface area (Å²) in [6.07, 6.45) is 2.72. The number of carbonyl (C=O) groups is 4. The molecule has 11 heteroatoms. The van der Waals surface area contributed by atoms with E-state index in [2.05, 4.69) is 16.0 Å². The number of thioether (sulfide) groups is 1. The Kier molecular flexibility index (Phi) is 12.4. The molecule has 0 aliphatic carbocycles. The monoisotopic (exact) mass is 406 g/mol. The van der Waals surface area contributed by atoms with Crippen LogP contribution in [0.2, 0.25) is 0 Å². The van der Waals surface area contributed by atoms with Gasteiger partial charge in [0.15, 0.2) is 0 Å². The zero-order valence-corrected chi connectivity index (χ0v) is 16.7. The summed E-state index contributed by atoms with van der Waals surface area (Å²) in [6, 6.07) is -3.03.